The lowest BCUT2D eigenvalue weighted by molar-refractivity contribution is 0.0507. The van der Waals surface area contributed by atoms with E-state index in [2.05, 4.69) is 4.99 Å². The van der Waals surface area contributed by atoms with Gasteiger partial charge in [0.15, 0.2) is 0 Å². The molecule has 0 aromatic heterocycles. The third-order valence-electron chi connectivity index (χ3n) is 3.66. The van der Waals surface area contributed by atoms with E-state index < -0.39 is 5.97 Å². The summed E-state index contributed by atoms with van der Waals surface area (Å²) in [5.74, 6) is -1.32. The molecule has 0 unspecified atom stereocenters. The summed E-state index contributed by atoms with van der Waals surface area (Å²) >= 11 is 6.16. The summed E-state index contributed by atoms with van der Waals surface area (Å²) in [6.45, 7) is 0.206. The standard InChI is InChI=1S/C18H20ClNO4/c1-20-12-8-6-4-2-3-5-7-9-24-18(23)16-13(10-12)17(19)15(22)11-14(16)21/h3,5-6,8,11,21-22H,2,4,7,9-10H2,1H3/b5-3+,8-6+,20-12?. The lowest BCUT2D eigenvalue weighted by atomic mass is 9.99. The van der Waals surface area contributed by atoms with Crippen LogP contribution in [0, 0.1) is 0 Å². The van der Waals surface area contributed by atoms with Gasteiger partial charge in [-0.15, -0.1) is 0 Å². The molecule has 2 N–H and O–H groups in total. The third kappa shape index (κ3) is 4.38. The summed E-state index contributed by atoms with van der Waals surface area (Å²) in [5, 5.41) is 20.0. The molecule has 1 aromatic rings. The van der Waals surface area contributed by atoms with Crippen molar-refractivity contribution in [1.82, 2.24) is 0 Å². The molecule has 0 atom stereocenters. The molecule has 0 fully saturated rings. The van der Waals surface area contributed by atoms with Crippen LogP contribution in [-0.2, 0) is 11.2 Å². The average molecular weight is 350 g/mol. The molecule has 1 heterocycles. The number of aliphatic imine (C=N–C) groups is 1. The Hall–Kier alpha value is -2.27. The van der Waals surface area contributed by atoms with Crippen LogP contribution >= 0.6 is 11.6 Å². The van der Waals surface area contributed by atoms with Crippen molar-refractivity contribution in [2.45, 2.75) is 25.7 Å². The van der Waals surface area contributed by atoms with E-state index in [-0.39, 0.29) is 35.1 Å². The highest BCUT2D eigenvalue weighted by molar-refractivity contribution is 6.33. The second-order valence-corrected chi connectivity index (χ2v) is 5.73. The van der Waals surface area contributed by atoms with Crippen LogP contribution in [0.2, 0.25) is 5.02 Å². The number of esters is 1. The van der Waals surface area contributed by atoms with Gasteiger partial charge in [-0.25, -0.2) is 4.79 Å². The fourth-order valence-electron chi connectivity index (χ4n) is 2.41. The number of allylic oxidation sites excluding steroid dienone is 3. The zero-order valence-corrected chi connectivity index (χ0v) is 14.2. The first-order chi connectivity index (χ1) is 11.5. The Kier molecular flexibility index (Phi) is 6.44. The highest BCUT2D eigenvalue weighted by Gasteiger charge is 2.24. The number of nitrogens with zero attached hydrogens (tertiary/aromatic N) is 1. The number of hydrogen-bond acceptors (Lipinski definition) is 5. The molecule has 5 nitrogen and oxygen atoms in total. The quantitative estimate of drug-likeness (QED) is 0.551. The Bertz CT molecular complexity index is 707. The lowest BCUT2D eigenvalue weighted by Gasteiger charge is -2.14. The lowest BCUT2D eigenvalue weighted by Crippen LogP contribution is -2.13. The summed E-state index contributed by atoms with van der Waals surface area (Å²) in [4.78, 5) is 16.5. The molecule has 2 rings (SSSR count). The number of aromatic hydroxyl groups is 2. The first-order valence-corrected chi connectivity index (χ1v) is 8.10. The molecule has 0 aliphatic carbocycles. The average Bonchev–Trinajstić information content (AvgIpc) is 2.55. The van der Waals surface area contributed by atoms with Gasteiger partial charge >= 0.3 is 5.97 Å². The summed E-state index contributed by atoms with van der Waals surface area (Å²) < 4.78 is 5.21. The number of hydrogen-bond donors (Lipinski definition) is 2. The van der Waals surface area contributed by atoms with Crippen molar-refractivity contribution in [3.8, 4) is 11.5 Å². The Morgan fingerprint density at radius 1 is 1.12 bits per heavy atom. The van der Waals surface area contributed by atoms with Gasteiger partial charge in [-0.1, -0.05) is 29.8 Å². The van der Waals surface area contributed by atoms with E-state index in [1.54, 1.807) is 7.05 Å². The monoisotopic (exact) mass is 349 g/mol. The minimum atomic E-state index is -0.672. The topological polar surface area (TPSA) is 79.1 Å². The van der Waals surface area contributed by atoms with Crippen LogP contribution in [0.25, 0.3) is 0 Å². The number of rotatable bonds is 0. The molecule has 24 heavy (non-hydrogen) atoms. The van der Waals surface area contributed by atoms with Crippen LogP contribution in [0.3, 0.4) is 0 Å². The molecular formula is C18H20ClNO4. The van der Waals surface area contributed by atoms with Crippen LogP contribution < -0.4 is 0 Å². The highest BCUT2D eigenvalue weighted by Crippen LogP contribution is 2.37. The molecule has 1 aliphatic heterocycles. The van der Waals surface area contributed by atoms with E-state index in [1.807, 2.05) is 24.3 Å². The first kappa shape index (κ1) is 18.1. The van der Waals surface area contributed by atoms with Crippen LogP contribution in [0.1, 0.15) is 35.2 Å². The van der Waals surface area contributed by atoms with Gasteiger partial charge in [-0.2, -0.15) is 0 Å². The fraction of sp³-hybridized carbons (Fsp3) is 0.333. The van der Waals surface area contributed by atoms with Crippen LogP contribution in [0.15, 0.2) is 35.4 Å². The third-order valence-corrected chi connectivity index (χ3v) is 4.09. The maximum Gasteiger partial charge on any atom is 0.342 e. The van der Waals surface area contributed by atoms with Crippen molar-refractivity contribution in [3.05, 3.63) is 46.5 Å². The van der Waals surface area contributed by atoms with Gasteiger partial charge in [0.05, 0.1) is 11.6 Å². The number of phenols is 2. The summed E-state index contributed by atoms with van der Waals surface area (Å²) in [5.41, 5.74) is 0.947. The van der Waals surface area contributed by atoms with Gasteiger partial charge in [-0.05, 0) is 30.9 Å². The van der Waals surface area contributed by atoms with Crippen molar-refractivity contribution in [2.75, 3.05) is 13.7 Å². The van der Waals surface area contributed by atoms with E-state index in [0.29, 0.717) is 17.7 Å². The Morgan fingerprint density at radius 3 is 2.58 bits per heavy atom. The second-order valence-electron chi connectivity index (χ2n) is 5.35. The molecule has 0 spiro atoms. The second kappa shape index (κ2) is 8.55. The Balaban J connectivity index is 2.50. The number of ether oxygens (including phenoxy) is 1. The molecule has 0 saturated carbocycles. The van der Waals surface area contributed by atoms with Crippen molar-refractivity contribution in [2.24, 2.45) is 4.99 Å². The van der Waals surface area contributed by atoms with Gasteiger partial charge in [-0.3, -0.25) is 4.99 Å². The smallest absolute Gasteiger partial charge is 0.342 e. The molecule has 1 aliphatic rings. The number of carbonyl (C=O) groups excluding carboxylic acids is 1. The maximum atomic E-state index is 12.4. The fourth-order valence-corrected chi connectivity index (χ4v) is 2.63. The largest absolute Gasteiger partial charge is 0.507 e. The zero-order valence-electron chi connectivity index (χ0n) is 13.5. The van der Waals surface area contributed by atoms with Crippen LogP contribution in [0.4, 0.5) is 0 Å². The molecule has 6 heteroatoms. The van der Waals surface area contributed by atoms with Gasteiger partial charge in [0.1, 0.15) is 17.1 Å². The molecule has 1 aromatic carbocycles. The number of benzene rings is 1. The van der Waals surface area contributed by atoms with Gasteiger partial charge in [0.2, 0.25) is 0 Å². The first-order valence-electron chi connectivity index (χ1n) is 7.72. The molecule has 0 bridgehead atoms. The van der Waals surface area contributed by atoms with E-state index in [9.17, 15) is 15.0 Å². The number of halogens is 1. The highest BCUT2D eigenvalue weighted by atomic mass is 35.5. The van der Waals surface area contributed by atoms with Crippen molar-refractivity contribution < 1.29 is 19.7 Å². The van der Waals surface area contributed by atoms with Crippen molar-refractivity contribution in [3.63, 3.8) is 0 Å². The number of carbonyl (C=O) groups is 1. The molecular weight excluding hydrogens is 330 g/mol. The van der Waals surface area contributed by atoms with E-state index in [1.165, 1.54) is 0 Å². The number of fused-ring (bicyclic) bond motifs is 1. The van der Waals surface area contributed by atoms with Crippen molar-refractivity contribution >= 4 is 23.3 Å². The van der Waals surface area contributed by atoms with E-state index >= 15 is 0 Å². The minimum Gasteiger partial charge on any atom is -0.507 e. The number of cyclic esters (lactones) is 1. The Labute approximate surface area is 145 Å². The van der Waals surface area contributed by atoms with E-state index in [0.717, 1.165) is 18.9 Å². The zero-order chi connectivity index (χ0) is 17.5. The van der Waals surface area contributed by atoms with Gasteiger partial charge in [0, 0.05) is 25.2 Å². The summed E-state index contributed by atoms with van der Waals surface area (Å²) in [7, 11) is 1.64. The van der Waals surface area contributed by atoms with Crippen molar-refractivity contribution in [1.29, 1.82) is 0 Å². The minimum absolute atomic E-state index is 0.0151. The predicted octanol–water partition coefficient (Wildman–Crippen LogP) is 3.82. The summed E-state index contributed by atoms with van der Waals surface area (Å²) in [6, 6.07) is 1.05. The van der Waals surface area contributed by atoms with Crippen LogP contribution in [0.5, 0.6) is 11.5 Å². The van der Waals surface area contributed by atoms with Crippen LogP contribution in [-0.4, -0.2) is 35.5 Å². The maximum absolute atomic E-state index is 12.4. The van der Waals surface area contributed by atoms with Gasteiger partial charge < -0.3 is 14.9 Å². The molecule has 0 radical (unpaired) electrons. The SMILES string of the molecule is CN=C1/C=C/CC/C=C/CCOC(=O)c2c(O)cc(O)c(Cl)c2C1. The summed E-state index contributed by atoms with van der Waals surface area (Å²) in [6.07, 6.45) is 10.4. The molecule has 0 amide bonds. The number of phenolic OH excluding ortho intramolecular Hbond substituents is 2. The molecule has 128 valence electrons. The molecule has 0 saturated heterocycles. The van der Waals surface area contributed by atoms with E-state index in [4.69, 9.17) is 16.3 Å². The Morgan fingerprint density at radius 2 is 1.83 bits per heavy atom. The predicted molar refractivity (Wildman–Crippen MR) is 94.3 cm³/mol. The van der Waals surface area contributed by atoms with Gasteiger partial charge in [0.25, 0.3) is 0 Å². The normalized spacial score (nSPS) is 20.8.